The van der Waals surface area contributed by atoms with Crippen LogP contribution in [0, 0.1) is 6.92 Å². The summed E-state index contributed by atoms with van der Waals surface area (Å²) in [5.74, 6) is 0.781. The highest BCUT2D eigenvalue weighted by atomic mass is 16.5. The summed E-state index contributed by atoms with van der Waals surface area (Å²) in [6.45, 7) is 3.26. The highest BCUT2D eigenvalue weighted by molar-refractivity contribution is 6.07. The van der Waals surface area contributed by atoms with Crippen LogP contribution in [0.15, 0.2) is 52.9 Å². The summed E-state index contributed by atoms with van der Waals surface area (Å²) in [4.78, 5) is 14.9. The Morgan fingerprint density at radius 3 is 2.88 bits per heavy atom. The van der Waals surface area contributed by atoms with E-state index in [9.17, 15) is 9.90 Å². The van der Waals surface area contributed by atoms with Gasteiger partial charge < -0.3 is 19.2 Å². The number of para-hydroxylation sites is 1. The Morgan fingerprint density at radius 1 is 1.20 bits per heavy atom. The summed E-state index contributed by atoms with van der Waals surface area (Å²) in [6.07, 6.45) is -0.247. The molecule has 0 bridgehead atoms. The molecule has 128 valence electrons. The van der Waals surface area contributed by atoms with Crippen molar-refractivity contribution in [1.82, 2.24) is 4.90 Å². The number of aryl methyl sites for hydroxylation is 1. The number of carbonyl (C=O) groups is 1. The van der Waals surface area contributed by atoms with Gasteiger partial charge in [-0.1, -0.05) is 30.3 Å². The molecule has 3 aromatic rings. The van der Waals surface area contributed by atoms with Gasteiger partial charge >= 0.3 is 0 Å². The molecule has 1 fully saturated rings. The van der Waals surface area contributed by atoms with Crippen LogP contribution in [0.3, 0.4) is 0 Å². The van der Waals surface area contributed by atoms with Crippen molar-refractivity contribution in [2.75, 3.05) is 19.7 Å². The van der Waals surface area contributed by atoms with E-state index in [0.717, 1.165) is 16.5 Å². The lowest BCUT2D eigenvalue weighted by atomic mass is 10.1. The van der Waals surface area contributed by atoms with Crippen molar-refractivity contribution < 1.29 is 19.1 Å². The first-order valence-electron chi connectivity index (χ1n) is 8.31. The minimum absolute atomic E-state index is 0.0455. The second-order valence-electron chi connectivity index (χ2n) is 6.23. The van der Waals surface area contributed by atoms with Gasteiger partial charge in [0.2, 0.25) is 0 Å². The van der Waals surface area contributed by atoms with E-state index < -0.39 is 0 Å². The molecule has 1 atom stereocenters. The third-order valence-electron chi connectivity index (χ3n) is 4.58. The number of fused-ring (bicyclic) bond motifs is 1. The predicted octanol–water partition coefficient (Wildman–Crippen LogP) is 3.66. The van der Waals surface area contributed by atoms with E-state index in [-0.39, 0.29) is 17.8 Å². The van der Waals surface area contributed by atoms with Gasteiger partial charge in [-0.05, 0) is 30.7 Å². The van der Waals surface area contributed by atoms with Gasteiger partial charge in [0.15, 0.2) is 0 Å². The van der Waals surface area contributed by atoms with Crippen LogP contribution in [-0.4, -0.2) is 35.6 Å². The first-order chi connectivity index (χ1) is 12.1. The standard InChI is InChI=1S/C20H19NO4/c1-13-19(16-7-2-3-8-17(16)25-13)20(23)21-9-10-24-18(12-21)14-5-4-6-15(22)11-14/h2-8,11,18,22H,9-10,12H2,1H3. The largest absolute Gasteiger partial charge is 0.508 e. The molecule has 0 spiro atoms. The number of amides is 1. The average Bonchev–Trinajstić information content (AvgIpc) is 2.97. The molecule has 2 aromatic carbocycles. The number of carbonyl (C=O) groups excluding carboxylic acids is 1. The Bertz CT molecular complexity index is 930. The predicted molar refractivity (Wildman–Crippen MR) is 93.7 cm³/mol. The molecule has 1 aliphatic heterocycles. The molecule has 4 rings (SSSR count). The van der Waals surface area contributed by atoms with E-state index in [0.29, 0.717) is 31.0 Å². The molecule has 5 nitrogen and oxygen atoms in total. The van der Waals surface area contributed by atoms with E-state index in [1.54, 1.807) is 23.1 Å². The summed E-state index contributed by atoms with van der Waals surface area (Å²) in [5.41, 5.74) is 2.21. The van der Waals surface area contributed by atoms with Gasteiger partial charge in [-0.3, -0.25) is 4.79 Å². The van der Waals surface area contributed by atoms with Gasteiger partial charge in [0.25, 0.3) is 5.91 Å². The van der Waals surface area contributed by atoms with Gasteiger partial charge in [0, 0.05) is 11.9 Å². The number of morpholine rings is 1. The zero-order chi connectivity index (χ0) is 17.4. The smallest absolute Gasteiger partial charge is 0.258 e. The second-order valence-corrected chi connectivity index (χ2v) is 6.23. The average molecular weight is 337 g/mol. The minimum Gasteiger partial charge on any atom is -0.508 e. The maximum absolute atomic E-state index is 13.1. The molecule has 1 amide bonds. The molecule has 1 aromatic heterocycles. The number of phenols is 1. The van der Waals surface area contributed by atoms with Crippen molar-refractivity contribution in [2.45, 2.75) is 13.0 Å². The van der Waals surface area contributed by atoms with Crippen LogP contribution in [0.25, 0.3) is 11.0 Å². The quantitative estimate of drug-likeness (QED) is 0.775. The number of benzene rings is 2. The van der Waals surface area contributed by atoms with Gasteiger partial charge in [0.1, 0.15) is 23.2 Å². The highest BCUT2D eigenvalue weighted by Crippen LogP contribution is 2.29. The third-order valence-corrected chi connectivity index (χ3v) is 4.58. The molecular weight excluding hydrogens is 318 g/mol. The molecule has 2 heterocycles. The second kappa shape index (κ2) is 6.26. The van der Waals surface area contributed by atoms with Crippen LogP contribution < -0.4 is 0 Å². The lowest BCUT2D eigenvalue weighted by Crippen LogP contribution is -2.42. The number of aromatic hydroxyl groups is 1. The van der Waals surface area contributed by atoms with Crippen LogP contribution in [-0.2, 0) is 4.74 Å². The number of hydrogen-bond donors (Lipinski definition) is 1. The van der Waals surface area contributed by atoms with Crippen LogP contribution in [0.2, 0.25) is 0 Å². The van der Waals surface area contributed by atoms with Crippen molar-refractivity contribution in [3.8, 4) is 5.75 Å². The summed E-state index contributed by atoms with van der Waals surface area (Å²) in [6, 6.07) is 14.6. The van der Waals surface area contributed by atoms with Crippen LogP contribution in [0.4, 0.5) is 0 Å². The van der Waals surface area contributed by atoms with Gasteiger partial charge in [0.05, 0.1) is 18.7 Å². The molecule has 0 aliphatic carbocycles. The van der Waals surface area contributed by atoms with Crippen LogP contribution in [0.5, 0.6) is 5.75 Å². The Morgan fingerprint density at radius 2 is 2.04 bits per heavy atom. The fourth-order valence-corrected chi connectivity index (χ4v) is 3.35. The molecule has 1 aliphatic rings. The number of rotatable bonds is 2. The molecule has 1 N–H and O–H groups in total. The summed E-state index contributed by atoms with van der Waals surface area (Å²) in [7, 11) is 0. The van der Waals surface area contributed by atoms with E-state index in [1.165, 1.54) is 0 Å². The molecule has 0 saturated carbocycles. The Hall–Kier alpha value is -2.79. The van der Waals surface area contributed by atoms with E-state index >= 15 is 0 Å². The summed E-state index contributed by atoms with van der Waals surface area (Å²) >= 11 is 0. The lowest BCUT2D eigenvalue weighted by Gasteiger charge is -2.33. The molecule has 1 unspecified atom stereocenters. The normalized spacial score (nSPS) is 17.8. The third kappa shape index (κ3) is 2.87. The summed E-state index contributed by atoms with van der Waals surface area (Å²) < 4.78 is 11.5. The van der Waals surface area contributed by atoms with E-state index in [1.807, 2.05) is 37.3 Å². The van der Waals surface area contributed by atoms with Crippen molar-refractivity contribution in [3.05, 3.63) is 65.4 Å². The maximum atomic E-state index is 13.1. The van der Waals surface area contributed by atoms with Gasteiger partial charge in [-0.15, -0.1) is 0 Å². The topological polar surface area (TPSA) is 62.9 Å². The first kappa shape index (κ1) is 15.7. The number of nitrogens with zero attached hydrogens (tertiary/aromatic N) is 1. The molecule has 25 heavy (non-hydrogen) atoms. The van der Waals surface area contributed by atoms with Crippen molar-refractivity contribution >= 4 is 16.9 Å². The fraction of sp³-hybridized carbons (Fsp3) is 0.250. The maximum Gasteiger partial charge on any atom is 0.258 e. The first-order valence-corrected chi connectivity index (χ1v) is 8.31. The highest BCUT2D eigenvalue weighted by Gasteiger charge is 2.29. The fourth-order valence-electron chi connectivity index (χ4n) is 3.35. The molecule has 0 radical (unpaired) electrons. The SMILES string of the molecule is Cc1oc2ccccc2c1C(=O)N1CCOC(c2cccc(O)c2)C1. The lowest BCUT2D eigenvalue weighted by molar-refractivity contribution is -0.0228. The van der Waals surface area contributed by atoms with Crippen molar-refractivity contribution in [1.29, 1.82) is 0 Å². The molecule has 5 heteroatoms. The zero-order valence-corrected chi connectivity index (χ0v) is 13.9. The summed E-state index contributed by atoms with van der Waals surface area (Å²) in [5, 5.41) is 10.5. The molecule has 1 saturated heterocycles. The van der Waals surface area contributed by atoms with E-state index in [4.69, 9.17) is 9.15 Å². The molecular formula is C20H19NO4. The Labute approximate surface area is 145 Å². The van der Waals surface area contributed by atoms with Gasteiger partial charge in [-0.25, -0.2) is 0 Å². The zero-order valence-electron chi connectivity index (χ0n) is 13.9. The number of hydrogen-bond acceptors (Lipinski definition) is 4. The monoisotopic (exact) mass is 337 g/mol. The number of furan rings is 1. The number of ether oxygens (including phenoxy) is 1. The van der Waals surface area contributed by atoms with Crippen LogP contribution >= 0.6 is 0 Å². The van der Waals surface area contributed by atoms with Crippen LogP contribution in [0.1, 0.15) is 27.8 Å². The minimum atomic E-state index is -0.247. The van der Waals surface area contributed by atoms with Gasteiger partial charge in [-0.2, -0.15) is 0 Å². The van der Waals surface area contributed by atoms with Crippen molar-refractivity contribution in [2.24, 2.45) is 0 Å². The Balaban J connectivity index is 1.62. The Kier molecular flexibility index (Phi) is 3.93. The van der Waals surface area contributed by atoms with Crippen molar-refractivity contribution in [3.63, 3.8) is 0 Å². The van der Waals surface area contributed by atoms with E-state index in [2.05, 4.69) is 0 Å². The number of phenolic OH excluding ortho intramolecular Hbond substituents is 1.